The van der Waals surface area contributed by atoms with Crippen LogP contribution in [-0.2, 0) is 14.6 Å². The molecule has 0 radical (unpaired) electrons. The van der Waals surface area contributed by atoms with Crippen molar-refractivity contribution in [1.82, 2.24) is 10.3 Å². The Kier molecular flexibility index (Phi) is 7.96. The summed E-state index contributed by atoms with van der Waals surface area (Å²) < 4.78 is 46.5. The Morgan fingerprint density at radius 2 is 1.82 bits per heavy atom. The van der Waals surface area contributed by atoms with Crippen molar-refractivity contribution in [2.24, 2.45) is 0 Å². The highest BCUT2D eigenvalue weighted by Gasteiger charge is 2.39. The molecule has 0 unspecified atom stereocenters. The summed E-state index contributed by atoms with van der Waals surface area (Å²) in [6.07, 6.45) is 5.99. The molecule has 5 rings (SSSR count). The number of halogens is 1. The van der Waals surface area contributed by atoms with Crippen molar-refractivity contribution in [3.63, 3.8) is 0 Å². The Hall–Kier alpha value is -2.98. The van der Waals surface area contributed by atoms with Crippen LogP contribution in [-0.4, -0.2) is 36.9 Å². The predicted octanol–water partition coefficient (Wildman–Crippen LogP) is 7.10. The maximum Gasteiger partial charge on any atom is 0.407 e. The van der Waals surface area contributed by atoms with Gasteiger partial charge in [0, 0.05) is 29.4 Å². The van der Waals surface area contributed by atoms with E-state index in [0.29, 0.717) is 29.8 Å². The van der Waals surface area contributed by atoms with Crippen LogP contribution in [0.1, 0.15) is 68.9 Å². The highest BCUT2D eigenvalue weighted by molar-refractivity contribution is 7.92. The van der Waals surface area contributed by atoms with Crippen molar-refractivity contribution in [2.45, 2.75) is 87.5 Å². The summed E-state index contributed by atoms with van der Waals surface area (Å²) >= 11 is 1.52. The first kappa shape index (κ1) is 27.6. The molecule has 1 aromatic heterocycles. The molecule has 2 aromatic carbocycles. The van der Waals surface area contributed by atoms with Crippen LogP contribution in [0.15, 0.2) is 47.5 Å². The Labute approximate surface area is 233 Å². The normalized spacial score (nSPS) is 19.6. The van der Waals surface area contributed by atoms with Gasteiger partial charge in [0.05, 0.1) is 31.8 Å². The van der Waals surface area contributed by atoms with Crippen molar-refractivity contribution in [3.8, 4) is 10.4 Å². The molecule has 7 nitrogen and oxygen atoms in total. The first-order chi connectivity index (χ1) is 18.6. The minimum absolute atomic E-state index is 0.0839. The van der Waals surface area contributed by atoms with Crippen LogP contribution in [0, 0.1) is 12.7 Å². The van der Waals surface area contributed by atoms with Crippen LogP contribution in [0.4, 0.5) is 20.6 Å². The summed E-state index contributed by atoms with van der Waals surface area (Å²) in [7, 11) is -3.53. The fourth-order valence-electron chi connectivity index (χ4n) is 4.97. The van der Waals surface area contributed by atoms with Crippen molar-refractivity contribution >= 4 is 38.6 Å². The minimum atomic E-state index is -3.53. The van der Waals surface area contributed by atoms with Gasteiger partial charge in [-0.3, -0.25) is 0 Å². The average molecular weight is 572 g/mol. The number of hydrogen-bond donors (Lipinski definition) is 2. The topological polar surface area (TPSA) is 97.4 Å². The largest absolute Gasteiger partial charge is 0.447 e. The lowest BCUT2D eigenvalue weighted by molar-refractivity contribution is 0.109. The van der Waals surface area contributed by atoms with E-state index in [-0.39, 0.29) is 40.1 Å². The van der Waals surface area contributed by atoms with Crippen molar-refractivity contribution in [1.29, 1.82) is 0 Å². The molecule has 2 aliphatic carbocycles. The van der Waals surface area contributed by atoms with Crippen molar-refractivity contribution in [2.75, 3.05) is 5.32 Å². The van der Waals surface area contributed by atoms with E-state index >= 15 is 0 Å². The second-order valence-corrected chi connectivity index (χ2v) is 14.0. The second-order valence-electron chi connectivity index (χ2n) is 10.8. The molecule has 0 spiro atoms. The SMILES string of the molecule is Cc1ccc(Nc2ccc(-c3cnc(C4CCC(NC(=O)OC(C)C)CC4)s3)c(S(=O)(=O)C3CC3)c2)c(F)c1. The van der Waals surface area contributed by atoms with E-state index in [9.17, 15) is 17.6 Å². The number of rotatable bonds is 8. The Morgan fingerprint density at radius 3 is 2.49 bits per heavy atom. The fourth-order valence-corrected chi connectivity index (χ4v) is 8.06. The summed E-state index contributed by atoms with van der Waals surface area (Å²) in [5, 5.41) is 6.60. The summed E-state index contributed by atoms with van der Waals surface area (Å²) in [4.78, 5) is 17.7. The van der Waals surface area contributed by atoms with Gasteiger partial charge in [0.15, 0.2) is 9.84 Å². The molecule has 2 fully saturated rings. The highest BCUT2D eigenvalue weighted by Crippen LogP contribution is 2.43. The summed E-state index contributed by atoms with van der Waals surface area (Å²) in [6, 6.07) is 10.2. The van der Waals surface area contributed by atoms with Gasteiger partial charge in [-0.1, -0.05) is 12.1 Å². The average Bonchev–Trinajstić information content (AvgIpc) is 3.64. The molecule has 2 saturated carbocycles. The summed E-state index contributed by atoms with van der Waals surface area (Å²) in [5.41, 5.74) is 2.26. The molecular weight excluding hydrogens is 537 g/mol. The Bertz CT molecular complexity index is 1460. The van der Waals surface area contributed by atoms with Crippen LogP contribution in [0.2, 0.25) is 0 Å². The molecule has 0 saturated heterocycles. The molecule has 39 heavy (non-hydrogen) atoms. The maximum atomic E-state index is 14.5. The third-order valence-corrected chi connectivity index (χ3v) is 10.7. The van der Waals surface area contributed by atoms with E-state index in [1.807, 2.05) is 20.8 Å². The molecule has 1 heterocycles. The number of amides is 1. The molecule has 0 aliphatic heterocycles. The van der Waals surface area contributed by atoms with Gasteiger partial charge in [0.2, 0.25) is 0 Å². The first-order valence-corrected chi connectivity index (χ1v) is 15.8. The number of nitrogens with one attached hydrogen (secondary N) is 2. The van der Waals surface area contributed by atoms with Gasteiger partial charge >= 0.3 is 6.09 Å². The van der Waals surface area contributed by atoms with E-state index in [1.165, 1.54) is 17.4 Å². The molecule has 2 aliphatic rings. The smallest absolute Gasteiger partial charge is 0.407 e. The fraction of sp³-hybridized carbons (Fsp3) is 0.448. The molecule has 0 atom stereocenters. The summed E-state index contributed by atoms with van der Waals surface area (Å²) in [5.74, 6) is -0.128. The quantitative estimate of drug-likeness (QED) is 0.299. The zero-order valence-corrected chi connectivity index (χ0v) is 24.0. The van der Waals surface area contributed by atoms with Gasteiger partial charge in [-0.2, -0.15) is 0 Å². The molecule has 2 N–H and O–H groups in total. The van der Waals surface area contributed by atoms with E-state index in [1.54, 1.807) is 36.5 Å². The van der Waals surface area contributed by atoms with Crippen molar-refractivity contribution in [3.05, 3.63) is 59.0 Å². The lowest BCUT2D eigenvalue weighted by Gasteiger charge is -2.28. The molecule has 1 amide bonds. The number of thiazole rings is 1. The monoisotopic (exact) mass is 571 g/mol. The Morgan fingerprint density at radius 1 is 1.08 bits per heavy atom. The van der Waals surface area contributed by atoms with Gasteiger partial charge in [0.1, 0.15) is 5.82 Å². The van der Waals surface area contributed by atoms with Crippen LogP contribution < -0.4 is 10.6 Å². The zero-order chi connectivity index (χ0) is 27.7. The number of ether oxygens (including phenoxy) is 1. The third-order valence-electron chi connectivity index (χ3n) is 7.19. The molecule has 0 bridgehead atoms. The number of benzene rings is 2. The number of hydrogen-bond acceptors (Lipinski definition) is 7. The maximum absolute atomic E-state index is 14.5. The lowest BCUT2D eigenvalue weighted by atomic mass is 9.86. The van der Waals surface area contributed by atoms with E-state index < -0.39 is 9.84 Å². The predicted molar refractivity (Wildman–Crippen MR) is 152 cm³/mol. The van der Waals surface area contributed by atoms with E-state index in [0.717, 1.165) is 41.1 Å². The van der Waals surface area contributed by atoms with Gasteiger partial charge < -0.3 is 15.4 Å². The number of alkyl carbamates (subject to hydrolysis) is 1. The molecule has 10 heteroatoms. The third kappa shape index (κ3) is 6.44. The molecular formula is C29H34FN3O4S2. The van der Waals surface area contributed by atoms with Gasteiger partial charge in [-0.15, -0.1) is 11.3 Å². The second kappa shape index (κ2) is 11.3. The van der Waals surface area contributed by atoms with E-state index in [4.69, 9.17) is 4.74 Å². The standard InChI is InChI=1S/C29H34FN3O4S2/c1-17(2)37-29(34)33-20-7-5-19(6-8-20)28-31-16-26(38-28)23-12-9-21(15-27(23)39(35,36)22-10-11-22)32-25-13-4-18(3)14-24(25)30/h4,9,12-17,19-20,22,32H,5-8,10-11H2,1-3H3,(H,33,34). The number of anilines is 2. The van der Waals surface area contributed by atoms with Crippen LogP contribution in [0.3, 0.4) is 0 Å². The van der Waals surface area contributed by atoms with Crippen LogP contribution in [0.25, 0.3) is 10.4 Å². The number of aromatic nitrogens is 1. The number of sulfone groups is 1. The van der Waals surface area contributed by atoms with Crippen molar-refractivity contribution < 1.29 is 22.3 Å². The van der Waals surface area contributed by atoms with Gasteiger partial charge in [0.25, 0.3) is 0 Å². The number of carbonyl (C=O) groups excluding carboxylic acids is 1. The van der Waals surface area contributed by atoms with Crippen LogP contribution >= 0.6 is 11.3 Å². The molecule has 208 valence electrons. The van der Waals surface area contributed by atoms with E-state index in [2.05, 4.69) is 15.6 Å². The van der Waals surface area contributed by atoms with Gasteiger partial charge in [-0.25, -0.2) is 22.6 Å². The number of nitrogens with zero attached hydrogens (tertiary/aromatic N) is 1. The first-order valence-electron chi connectivity index (χ1n) is 13.4. The molecule has 3 aromatic rings. The number of carbonyl (C=O) groups is 1. The zero-order valence-electron chi connectivity index (χ0n) is 22.4. The Balaban J connectivity index is 1.35. The minimum Gasteiger partial charge on any atom is -0.447 e. The van der Waals surface area contributed by atoms with Gasteiger partial charge in [-0.05, 0) is 89.1 Å². The highest BCUT2D eigenvalue weighted by atomic mass is 32.2. The van der Waals surface area contributed by atoms with Crippen LogP contribution in [0.5, 0.6) is 0 Å². The lowest BCUT2D eigenvalue weighted by Crippen LogP contribution is -2.38. The number of aryl methyl sites for hydroxylation is 1. The summed E-state index contributed by atoms with van der Waals surface area (Å²) in [6.45, 7) is 5.47.